The predicted molar refractivity (Wildman–Crippen MR) is 141 cm³/mol. The van der Waals surface area contributed by atoms with Crippen LogP contribution < -0.4 is 14.4 Å². The average molecular weight is 534 g/mol. The van der Waals surface area contributed by atoms with Gasteiger partial charge in [-0.1, -0.05) is 44.4 Å². The lowest BCUT2D eigenvalue weighted by Crippen LogP contribution is -2.53. The lowest BCUT2D eigenvalue weighted by molar-refractivity contribution is -0.140. The van der Waals surface area contributed by atoms with Gasteiger partial charge in [0.15, 0.2) is 0 Å². The quantitative estimate of drug-likeness (QED) is 0.473. The summed E-state index contributed by atoms with van der Waals surface area (Å²) in [7, 11) is -2.36. The molecule has 1 unspecified atom stereocenters. The SMILES string of the molecule is CCC(C(=O)NC1CCCCC1)N(Cc1ccc(OC)cc1)C(=O)CN(c1cccc(F)c1)S(C)(=O)=O. The van der Waals surface area contributed by atoms with Gasteiger partial charge in [-0.3, -0.25) is 13.9 Å². The molecule has 1 atom stereocenters. The number of anilines is 1. The molecule has 0 radical (unpaired) electrons. The van der Waals surface area contributed by atoms with Gasteiger partial charge >= 0.3 is 0 Å². The van der Waals surface area contributed by atoms with E-state index in [-0.39, 0.29) is 24.2 Å². The van der Waals surface area contributed by atoms with Crippen molar-refractivity contribution in [2.24, 2.45) is 0 Å². The van der Waals surface area contributed by atoms with Crippen LogP contribution in [0.3, 0.4) is 0 Å². The lowest BCUT2D eigenvalue weighted by Gasteiger charge is -2.34. The highest BCUT2D eigenvalue weighted by atomic mass is 32.2. The number of carbonyl (C=O) groups excluding carboxylic acids is 2. The molecule has 2 aromatic rings. The minimum Gasteiger partial charge on any atom is -0.497 e. The fraction of sp³-hybridized carbons (Fsp3) is 0.481. The van der Waals surface area contributed by atoms with E-state index >= 15 is 0 Å². The van der Waals surface area contributed by atoms with E-state index < -0.39 is 34.3 Å². The fourth-order valence-electron chi connectivity index (χ4n) is 4.64. The van der Waals surface area contributed by atoms with Crippen molar-refractivity contribution in [2.75, 3.05) is 24.2 Å². The molecule has 10 heteroatoms. The van der Waals surface area contributed by atoms with E-state index in [1.807, 2.05) is 6.92 Å². The number of halogens is 1. The second kappa shape index (κ2) is 12.9. The zero-order valence-corrected chi connectivity index (χ0v) is 22.5. The number of nitrogens with zero attached hydrogens (tertiary/aromatic N) is 2. The van der Waals surface area contributed by atoms with Crippen molar-refractivity contribution in [1.82, 2.24) is 10.2 Å². The fourth-order valence-corrected chi connectivity index (χ4v) is 5.48. The predicted octanol–water partition coefficient (Wildman–Crippen LogP) is 3.86. The van der Waals surface area contributed by atoms with E-state index in [1.165, 1.54) is 23.1 Å². The number of ether oxygens (including phenoxy) is 1. The van der Waals surface area contributed by atoms with E-state index in [0.717, 1.165) is 54.3 Å². The molecule has 8 nitrogen and oxygen atoms in total. The topological polar surface area (TPSA) is 96.0 Å². The van der Waals surface area contributed by atoms with Crippen LogP contribution in [0.15, 0.2) is 48.5 Å². The maximum atomic E-state index is 13.9. The van der Waals surface area contributed by atoms with Gasteiger partial charge in [-0.25, -0.2) is 12.8 Å². The van der Waals surface area contributed by atoms with Crippen LogP contribution in [-0.2, 0) is 26.2 Å². The highest BCUT2D eigenvalue weighted by Crippen LogP contribution is 2.22. The van der Waals surface area contributed by atoms with Gasteiger partial charge in [0, 0.05) is 12.6 Å². The Balaban J connectivity index is 1.91. The first-order valence-corrected chi connectivity index (χ1v) is 14.4. The molecular weight excluding hydrogens is 497 g/mol. The van der Waals surface area contributed by atoms with E-state index in [1.54, 1.807) is 31.4 Å². The van der Waals surface area contributed by atoms with E-state index in [4.69, 9.17) is 4.74 Å². The Bertz CT molecular complexity index is 1170. The third-order valence-corrected chi connectivity index (χ3v) is 7.77. The van der Waals surface area contributed by atoms with Crippen molar-refractivity contribution < 1.29 is 27.1 Å². The molecule has 202 valence electrons. The number of methoxy groups -OCH3 is 1. The van der Waals surface area contributed by atoms with Crippen molar-refractivity contribution in [1.29, 1.82) is 0 Å². The van der Waals surface area contributed by atoms with Gasteiger partial charge in [0.05, 0.1) is 19.1 Å². The van der Waals surface area contributed by atoms with Gasteiger partial charge in [0.2, 0.25) is 21.8 Å². The summed E-state index contributed by atoms with van der Waals surface area (Å²) < 4.78 is 45.2. The molecule has 1 N–H and O–H groups in total. The van der Waals surface area contributed by atoms with E-state index in [0.29, 0.717) is 12.2 Å². The van der Waals surface area contributed by atoms with Crippen LogP contribution in [0.25, 0.3) is 0 Å². The smallest absolute Gasteiger partial charge is 0.244 e. The van der Waals surface area contributed by atoms with Crippen molar-refractivity contribution in [3.8, 4) is 5.75 Å². The highest BCUT2D eigenvalue weighted by molar-refractivity contribution is 7.92. The van der Waals surface area contributed by atoms with Crippen LogP contribution in [-0.4, -0.2) is 57.1 Å². The number of benzene rings is 2. The molecule has 1 fully saturated rings. The Hall–Kier alpha value is -3.14. The molecule has 1 saturated carbocycles. The van der Waals surface area contributed by atoms with Gasteiger partial charge < -0.3 is 15.0 Å². The average Bonchev–Trinajstić information content (AvgIpc) is 2.87. The summed E-state index contributed by atoms with van der Waals surface area (Å²) in [6.07, 6.45) is 6.35. The number of nitrogens with one attached hydrogen (secondary N) is 1. The number of hydrogen-bond donors (Lipinski definition) is 1. The monoisotopic (exact) mass is 533 g/mol. The number of amides is 2. The standard InChI is InChI=1S/C27H36FN3O5S/c1-4-25(27(33)29-22-10-6-5-7-11-22)30(18-20-13-15-24(36-2)16-14-20)26(32)19-31(37(3,34)35)23-12-8-9-21(28)17-23/h8-9,12-17,22,25H,4-7,10-11,18-19H2,1-3H3,(H,29,33). The second-order valence-electron chi connectivity index (χ2n) is 9.39. The molecule has 2 aromatic carbocycles. The van der Waals surface area contributed by atoms with Crippen molar-refractivity contribution >= 4 is 27.5 Å². The highest BCUT2D eigenvalue weighted by Gasteiger charge is 2.32. The van der Waals surface area contributed by atoms with Crippen LogP contribution in [0, 0.1) is 5.82 Å². The van der Waals surface area contributed by atoms with Crippen LogP contribution in [0.4, 0.5) is 10.1 Å². The molecule has 0 heterocycles. The Labute approximate surface area is 218 Å². The first kappa shape index (κ1) is 28.4. The zero-order valence-electron chi connectivity index (χ0n) is 21.7. The van der Waals surface area contributed by atoms with Crippen LogP contribution in [0.2, 0.25) is 0 Å². The molecule has 2 amide bonds. The summed E-state index contributed by atoms with van der Waals surface area (Å²) in [6.45, 7) is 1.35. The van der Waals surface area contributed by atoms with Crippen molar-refractivity contribution in [3.63, 3.8) is 0 Å². The molecule has 0 spiro atoms. The van der Waals surface area contributed by atoms with Gasteiger partial charge in [0.25, 0.3) is 0 Å². The molecule has 37 heavy (non-hydrogen) atoms. The summed E-state index contributed by atoms with van der Waals surface area (Å²) >= 11 is 0. The van der Waals surface area contributed by atoms with Crippen LogP contribution >= 0.6 is 0 Å². The second-order valence-corrected chi connectivity index (χ2v) is 11.3. The Morgan fingerprint density at radius 2 is 1.78 bits per heavy atom. The van der Waals surface area contributed by atoms with Crippen LogP contribution in [0.1, 0.15) is 51.0 Å². The summed E-state index contributed by atoms with van der Waals surface area (Å²) in [4.78, 5) is 28.5. The van der Waals surface area contributed by atoms with Gasteiger partial charge in [-0.2, -0.15) is 0 Å². The van der Waals surface area contributed by atoms with Gasteiger partial charge in [-0.15, -0.1) is 0 Å². The van der Waals surface area contributed by atoms with Crippen LogP contribution in [0.5, 0.6) is 5.75 Å². The summed E-state index contributed by atoms with van der Waals surface area (Å²) in [5.41, 5.74) is 0.801. The number of sulfonamides is 1. The largest absolute Gasteiger partial charge is 0.497 e. The Morgan fingerprint density at radius 3 is 2.35 bits per heavy atom. The summed E-state index contributed by atoms with van der Waals surface area (Å²) in [5, 5.41) is 3.10. The van der Waals surface area contributed by atoms with Crippen molar-refractivity contribution in [3.05, 3.63) is 59.9 Å². The molecule has 0 aromatic heterocycles. The molecular formula is C27H36FN3O5S. The number of rotatable bonds is 11. The van der Waals surface area contributed by atoms with Gasteiger partial charge in [-0.05, 0) is 55.2 Å². The Kier molecular flexibility index (Phi) is 9.91. The van der Waals surface area contributed by atoms with Gasteiger partial charge in [0.1, 0.15) is 24.2 Å². The first-order valence-electron chi connectivity index (χ1n) is 12.6. The molecule has 0 saturated heterocycles. The molecule has 3 rings (SSSR count). The van der Waals surface area contributed by atoms with Crippen molar-refractivity contribution in [2.45, 2.75) is 64.1 Å². The number of hydrogen-bond acceptors (Lipinski definition) is 5. The minimum atomic E-state index is -3.92. The summed E-state index contributed by atoms with van der Waals surface area (Å²) in [6, 6.07) is 11.5. The van der Waals surface area contributed by atoms with E-state index in [2.05, 4.69) is 5.32 Å². The summed E-state index contributed by atoms with van der Waals surface area (Å²) in [5.74, 6) is -0.783. The molecule has 1 aliphatic rings. The molecule has 0 aliphatic heterocycles. The third kappa shape index (κ3) is 7.92. The molecule has 0 bridgehead atoms. The maximum absolute atomic E-state index is 13.9. The minimum absolute atomic E-state index is 0.0416. The lowest BCUT2D eigenvalue weighted by atomic mass is 9.95. The normalized spacial score (nSPS) is 15.0. The zero-order chi connectivity index (χ0) is 27.0. The molecule has 1 aliphatic carbocycles. The maximum Gasteiger partial charge on any atom is 0.244 e. The Morgan fingerprint density at radius 1 is 1.11 bits per heavy atom. The number of carbonyl (C=O) groups is 2. The van der Waals surface area contributed by atoms with E-state index in [9.17, 15) is 22.4 Å². The first-order chi connectivity index (χ1) is 17.6. The third-order valence-electron chi connectivity index (χ3n) is 6.62.